The summed E-state index contributed by atoms with van der Waals surface area (Å²) in [5, 5.41) is 22.4. The highest BCUT2D eigenvalue weighted by Crippen LogP contribution is 2.50. The first kappa shape index (κ1) is 23.5. The van der Waals surface area contributed by atoms with Gasteiger partial charge in [0.1, 0.15) is 33.9 Å². The summed E-state index contributed by atoms with van der Waals surface area (Å²) in [5.41, 5.74) is -0.0452. The van der Waals surface area contributed by atoms with Crippen molar-refractivity contribution < 1.29 is 28.3 Å². The molecule has 9 nitrogen and oxygen atoms in total. The van der Waals surface area contributed by atoms with Crippen LogP contribution in [0.3, 0.4) is 0 Å². The molecule has 0 bridgehead atoms. The highest BCUT2D eigenvalue weighted by atomic mass is 35.5. The summed E-state index contributed by atoms with van der Waals surface area (Å²) in [4.78, 5) is 24.2. The number of nitrogens with one attached hydrogen (secondary N) is 1. The first-order valence-corrected chi connectivity index (χ1v) is 11.9. The number of anilines is 1. The first-order chi connectivity index (χ1) is 17.3. The van der Waals surface area contributed by atoms with Crippen molar-refractivity contribution in [2.24, 2.45) is 0 Å². The molecule has 1 aliphatic rings. The standard InChI is InChI=1S/C25H16ClN3O6S/c1-13(16-4-2-3-5-17(16)26)33-24(32)28-21-18(29-36-19(21)12-27)7-6-15-10-14-11-20(35-22(14)34-15)25(8-9-25)23(30)31/h2-5,10-11,13H,8-9H2,1H3,(H,28,32)(H,30,31). The number of rotatable bonds is 5. The zero-order chi connectivity index (χ0) is 25.4. The average molecular weight is 522 g/mol. The van der Waals surface area contributed by atoms with E-state index in [2.05, 4.69) is 21.5 Å². The molecule has 1 fully saturated rings. The molecule has 180 valence electrons. The first-order valence-electron chi connectivity index (χ1n) is 10.7. The SMILES string of the molecule is CC(OC(=O)Nc1c(C#Cc2cc3cc(C4(C(=O)O)CC4)oc3o2)nsc1C#N)c1ccccc1Cl. The number of nitriles is 1. The number of ether oxygens (including phenoxy) is 1. The topological polar surface area (TPSA) is 139 Å². The predicted octanol–water partition coefficient (Wildman–Crippen LogP) is 5.83. The normalized spacial score (nSPS) is 14.4. The number of carbonyl (C=O) groups excluding carboxylic acids is 1. The molecule has 1 amide bonds. The van der Waals surface area contributed by atoms with Crippen molar-refractivity contribution in [3.8, 4) is 17.9 Å². The zero-order valence-electron chi connectivity index (χ0n) is 18.6. The summed E-state index contributed by atoms with van der Waals surface area (Å²) in [6.07, 6.45) is -0.390. The van der Waals surface area contributed by atoms with Gasteiger partial charge in [-0.05, 0) is 55.3 Å². The fourth-order valence-corrected chi connectivity index (χ4v) is 4.56. The molecule has 1 aliphatic carbocycles. The number of hydrogen-bond donors (Lipinski definition) is 2. The van der Waals surface area contributed by atoms with E-state index in [4.69, 9.17) is 25.2 Å². The Bertz CT molecular complexity index is 1580. The third kappa shape index (κ3) is 4.29. The monoisotopic (exact) mass is 521 g/mol. The molecule has 4 aromatic rings. The van der Waals surface area contributed by atoms with Crippen LogP contribution in [0.2, 0.25) is 5.02 Å². The Kier molecular flexibility index (Phi) is 5.92. The van der Waals surface area contributed by atoms with Gasteiger partial charge in [-0.25, -0.2) is 4.79 Å². The zero-order valence-corrected chi connectivity index (χ0v) is 20.2. The van der Waals surface area contributed by atoms with Gasteiger partial charge in [0.15, 0.2) is 11.5 Å². The van der Waals surface area contributed by atoms with Crippen LogP contribution >= 0.6 is 23.1 Å². The van der Waals surface area contributed by atoms with Crippen LogP contribution in [0.15, 0.2) is 45.2 Å². The van der Waals surface area contributed by atoms with E-state index < -0.39 is 23.6 Å². The minimum atomic E-state index is -0.972. The predicted molar refractivity (Wildman–Crippen MR) is 130 cm³/mol. The summed E-state index contributed by atoms with van der Waals surface area (Å²) in [5.74, 6) is 5.44. The van der Waals surface area contributed by atoms with Crippen LogP contribution in [0.4, 0.5) is 10.5 Å². The highest BCUT2D eigenvalue weighted by Gasteiger charge is 2.54. The molecular weight excluding hydrogens is 506 g/mol. The van der Waals surface area contributed by atoms with E-state index in [1.165, 1.54) is 0 Å². The van der Waals surface area contributed by atoms with Gasteiger partial charge < -0.3 is 18.7 Å². The van der Waals surface area contributed by atoms with E-state index in [-0.39, 0.29) is 27.8 Å². The van der Waals surface area contributed by atoms with Crippen LogP contribution < -0.4 is 5.32 Å². The Morgan fingerprint density at radius 1 is 1.28 bits per heavy atom. The van der Waals surface area contributed by atoms with Gasteiger partial charge in [0, 0.05) is 16.7 Å². The minimum Gasteiger partial charge on any atom is -0.480 e. The summed E-state index contributed by atoms with van der Waals surface area (Å²) < 4.78 is 20.8. The number of amides is 1. The number of halogens is 1. The van der Waals surface area contributed by atoms with Gasteiger partial charge >= 0.3 is 12.1 Å². The third-order valence-electron chi connectivity index (χ3n) is 5.80. The molecule has 0 aliphatic heterocycles. The molecule has 36 heavy (non-hydrogen) atoms. The Hall–Kier alpha value is -4.25. The van der Waals surface area contributed by atoms with Crippen molar-refractivity contribution in [2.75, 3.05) is 5.32 Å². The Balaban J connectivity index is 1.33. The number of fused-ring (bicyclic) bond motifs is 1. The minimum absolute atomic E-state index is 0.126. The number of nitrogens with zero attached hydrogens (tertiary/aromatic N) is 2. The van der Waals surface area contributed by atoms with Crippen LogP contribution in [0.25, 0.3) is 11.2 Å². The largest absolute Gasteiger partial charge is 0.480 e. The number of carboxylic acid groups (broad SMARTS) is 1. The van der Waals surface area contributed by atoms with Crippen molar-refractivity contribution >= 4 is 52.0 Å². The Morgan fingerprint density at radius 2 is 2.06 bits per heavy atom. The summed E-state index contributed by atoms with van der Waals surface area (Å²) in [7, 11) is 0. The highest BCUT2D eigenvalue weighted by molar-refractivity contribution is 7.07. The number of aliphatic carboxylic acids is 1. The number of hydrogen-bond acceptors (Lipinski definition) is 8. The van der Waals surface area contributed by atoms with Gasteiger partial charge in [0.2, 0.25) is 0 Å². The number of aromatic nitrogens is 1. The van der Waals surface area contributed by atoms with Crippen LogP contribution in [0, 0.1) is 23.2 Å². The van der Waals surface area contributed by atoms with E-state index in [1.807, 2.05) is 6.07 Å². The molecule has 1 atom stereocenters. The number of carbonyl (C=O) groups is 2. The fourth-order valence-electron chi connectivity index (χ4n) is 3.68. The lowest BCUT2D eigenvalue weighted by molar-refractivity contribution is -0.140. The van der Waals surface area contributed by atoms with Gasteiger partial charge in [0.05, 0.1) is 5.39 Å². The van der Waals surface area contributed by atoms with Crippen molar-refractivity contribution in [3.05, 3.63) is 69.1 Å². The number of carboxylic acids is 1. The summed E-state index contributed by atoms with van der Waals surface area (Å²) >= 11 is 7.05. The van der Waals surface area contributed by atoms with Gasteiger partial charge in [-0.2, -0.15) is 9.64 Å². The maximum absolute atomic E-state index is 12.5. The van der Waals surface area contributed by atoms with E-state index in [9.17, 15) is 20.0 Å². The van der Waals surface area contributed by atoms with Crippen molar-refractivity contribution in [1.29, 1.82) is 5.26 Å². The number of benzene rings is 1. The Morgan fingerprint density at radius 3 is 2.72 bits per heavy atom. The third-order valence-corrected chi connectivity index (χ3v) is 6.89. The molecule has 0 radical (unpaired) electrons. The summed E-state index contributed by atoms with van der Waals surface area (Å²) in [6, 6.07) is 12.2. The van der Waals surface area contributed by atoms with E-state index in [1.54, 1.807) is 43.3 Å². The Labute approximate surface area is 213 Å². The van der Waals surface area contributed by atoms with E-state index in [0.717, 1.165) is 11.5 Å². The average Bonchev–Trinajstić information content (AvgIpc) is 3.23. The van der Waals surface area contributed by atoms with Gasteiger partial charge in [0.25, 0.3) is 5.78 Å². The maximum Gasteiger partial charge on any atom is 0.412 e. The van der Waals surface area contributed by atoms with Crippen LogP contribution in [-0.4, -0.2) is 21.5 Å². The molecule has 5 rings (SSSR count). The molecule has 1 unspecified atom stereocenters. The van der Waals surface area contributed by atoms with Gasteiger partial charge in [-0.1, -0.05) is 29.8 Å². The molecule has 0 saturated heterocycles. The molecule has 0 spiro atoms. The van der Waals surface area contributed by atoms with E-state index >= 15 is 0 Å². The second kappa shape index (κ2) is 9.08. The summed E-state index contributed by atoms with van der Waals surface area (Å²) in [6.45, 7) is 1.68. The van der Waals surface area contributed by atoms with Crippen molar-refractivity contribution in [3.63, 3.8) is 0 Å². The lowest BCUT2D eigenvalue weighted by atomic mass is 10.0. The molecule has 3 aromatic heterocycles. The maximum atomic E-state index is 12.5. The second-order valence-corrected chi connectivity index (χ2v) is 9.32. The quantitative estimate of drug-likeness (QED) is 0.312. The molecular formula is C25H16ClN3O6S. The fraction of sp³-hybridized carbons (Fsp3) is 0.200. The molecule has 1 aromatic carbocycles. The van der Waals surface area contributed by atoms with Crippen molar-refractivity contribution in [2.45, 2.75) is 31.3 Å². The van der Waals surface area contributed by atoms with Crippen LogP contribution in [-0.2, 0) is 14.9 Å². The van der Waals surface area contributed by atoms with Crippen LogP contribution in [0.1, 0.15) is 53.5 Å². The molecule has 1 saturated carbocycles. The van der Waals surface area contributed by atoms with E-state index in [0.29, 0.717) is 34.6 Å². The van der Waals surface area contributed by atoms with Gasteiger partial charge in [-0.3, -0.25) is 10.1 Å². The van der Waals surface area contributed by atoms with Crippen LogP contribution in [0.5, 0.6) is 0 Å². The molecule has 11 heteroatoms. The lowest BCUT2D eigenvalue weighted by Crippen LogP contribution is -2.18. The van der Waals surface area contributed by atoms with Gasteiger partial charge in [-0.15, -0.1) is 0 Å². The second-order valence-electron chi connectivity index (χ2n) is 8.14. The number of furan rings is 2. The molecule has 3 heterocycles. The molecule has 2 N–H and O–H groups in total. The smallest absolute Gasteiger partial charge is 0.412 e. The lowest BCUT2D eigenvalue weighted by Gasteiger charge is -2.15. The van der Waals surface area contributed by atoms with Crippen molar-refractivity contribution in [1.82, 2.24) is 4.37 Å².